The molecule has 0 fully saturated rings. The highest BCUT2D eigenvalue weighted by atomic mass is 79.9. The standard InChI is InChI=1S/C14H16BrNOS/c1-9-12(10-6-4-5-7-11(10)15)16-13(18-9)14(2,3)8-17/h4-7,17H,8H2,1-3H3. The Hall–Kier alpha value is -0.710. The summed E-state index contributed by atoms with van der Waals surface area (Å²) in [5.41, 5.74) is 1.82. The van der Waals surface area contributed by atoms with Gasteiger partial charge >= 0.3 is 0 Å². The topological polar surface area (TPSA) is 33.1 Å². The number of halogens is 1. The molecule has 1 aromatic heterocycles. The van der Waals surface area contributed by atoms with E-state index in [1.165, 1.54) is 4.88 Å². The third-order valence-electron chi connectivity index (χ3n) is 2.90. The number of hydrogen-bond donors (Lipinski definition) is 1. The Bertz CT molecular complexity index is 563. The Morgan fingerprint density at radius 2 is 2.00 bits per heavy atom. The van der Waals surface area contributed by atoms with Gasteiger partial charge in [-0.1, -0.05) is 48.0 Å². The van der Waals surface area contributed by atoms with Gasteiger partial charge in [-0.25, -0.2) is 4.98 Å². The number of nitrogens with zero attached hydrogens (tertiary/aromatic N) is 1. The Balaban J connectivity index is 2.52. The van der Waals surface area contributed by atoms with Gasteiger partial charge in [0.25, 0.3) is 0 Å². The van der Waals surface area contributed by atoms with Gasteiger partial charge in [0.2, 0.25) is 0 Å². The van der Waals surface area contributed by atoms with Crippen LogP contribution in [0.2, 0.25) is 0 Å². The quantitative estimate of drug-likeness (QED) is 0.919. The fourth-order valence-corrected chi connectivity index (χ4v) is 3.15. The number of aliphatic hydroxyl groups excluding tert-OH is 1. The van der Waals surface area contributed by atoms with Crippen molar-refractivity contribution in [3.8, 4) is 11.3 Å². The van der Waals surface area contributed by atoms with Crippen LogP contribution in [-0.2, 0) is 5.41 Å². The first-order valence-electron chi connectivity index (χ1n) is 5.79. The van der Waals surface area contributed by atoms with Crippen LogP contribution in [0.3, 0.4) is 0 Å². The molecule has 0 aliphatic heterocycles. The molecule has 1 N–H and O–H groups in total. The van der Waals surface area contributed by atoms with Crippen molar-refractivity contribution in [3.63, 3.8) is 0 Å². The van der Waals surface area contributed by atoms with Gasteiger partial charge in [0.05, 0.1) is 12.3 Å². The molecule has 4 heteroatoms. The van der Waals surface area contributed by atoms with E-state index in [2.05, 4.69) is 28.9 Å². The summed E-state index contributed by atoms with van der Waals surface area (Å²) in [6.07, 6.45) is 0. The maximum absolute atomic E-state index is 9.43. The lowest BCUT2D eigenvalue weighted by Gasteiger charge is -2.17. The van der Waals surface area contributed by atoms with E-state index in [4.69, 9.17) is 4.98 Å². The minimum absolute atomic E-state index is 0.107. The van der Waals surface area contributed by atoms with Gasteiger partial charge < -0.3 is 5.11 Å². The van der Waals surface area contributed by atoms with E-state index in [0.717, 1.165) is 20.7 Å². The number of aromatic nitrogens is 1. The second-order valence-electron chi connectivity index (χ2n) is 4.95. The fraction of sp³-hybridized carbons (Fsp3) is 0.357. The molecule has 2 nitrogen and oxygen atoms in total. The molecule has 0 aliphatic rings. The number of aryl methyl sites for hydroxylation is 1. The number of rotatable bonds is 3. The van der Waals surface area contributed by atoms with Crippen LogP contribution in [0.1, 0.15) is 23.7 Å². The molecule has 0 unspecified atom stereocenters. The molecule has 0 aliphatic carbocycles. The van der Waals surface area contributed by atoms with Gasteiger partial charge in [-0.15, -0.1) is 11.3 Å². The van der Waals surface area contributed by atoms with Gasteiger partial charge in [-0.3, -0.25) is 0 Å². The smallest absolute Gasteiger partial charge is 0.101 e. The van der Waals surface area contributed by atoms with E-state index in [9.17, 15) is 5.11 Å². The van der Waals surface area contributed by atoms with Crippen LogP contribution >= 0.6 is 27.3 Å². The molecule has 0 amide bonds. The van der Waals surface area contributed by atoms with Crippen molar-refractivity contribution in [2.75, 3.05) is 6.61 Å². The molecule has 0 saturated carbocycles. The summed E-state index contributed by atoms with van der Waals surface area (Å²) in [7, 11) is 0. The lowest BCUT2D eigenvalue weighted by atomic mass is 9.96. The molecule has 0 atom stereocenters. The van der Waals surface area contributed by atoms with Crippen molar-refractivity contribution < 1.29 is 5.11 Å². The zero-order valence-electron chi connectivity index (χ0n) is 10.7. The van der Waals surface area contributed by atoms with Gasteiger partial charge in [-0.05, 0) is 13.0 Å². The Labute approximate surface area is 120 Å². The first-order chi connectivity index (χ1) is 8.45. The Morgan fingerprint density at radius 1 is 1.33 bits per heavy atom. The van der Waals surface area contributed by atoms with Gasteiger partial charge in [0.15, 0.2) is 0 Å². The van der Waals surface area contributed by atoms with Crippen LogP contribution < -0.4 is 0 Å². The zero-order chi connectivity index (χ0) is 13.3. The minimum atomic E-state index is -0.283. The first-order valence-corrected chi connectivity index (χ1v) is 7.40. The average Bonchev–Trinajstić information content (AvgIpc) is 2.73. The summed E-state index contributed by atoms with van der Waals surface area (Å²) in [6, 6.07) is 8.08. The number of thiazole rings is 1. The van der Waals surface area contributed by atoms with E-state index in [0.29, 0.717) is 0 Å². The Kier molecular flexibility index (Phi) is 3.90. The summed E-state index contributed by atoms with van der Waals surface area (Å²) >= 11 is 5.22. The molecule has 18 heavy (non-hydrogen) atoms. The lowest BCUT2D eigenvalue weighted by Crippen LogP contribution is -2.21. The van der Waals surface area contributed by atoms with E-state index < -0.39 is 0 Å². The highest BCUT2D eigenvalue weighted by Crippen LogP contribution is 2.36. The number of aliphatic hydroxyl groups is 1. The molecule has 2 aromatic rings. The van der Waals surface area contributed by atoms with Gasteiger partial charge in [-0.2, -0.15) is 0 Å². The average molecular weight is 326 g/mol. The minimum Gasteiger partial charge on any atom is -0.395 e. The third kappa shape index (κ3) is 2.51. The van der Waals surface area contributed by atoms with Gasteiger partial charge in [0.1, 0.15) is 5.01 Å². The summed E-state index contributed by atoms with van der Waals surface area (Å²) < 4.78 is 1.05. The van der Waals surface area contributed by atoms with Gasteiger partial charge in [0, 0.05) is 20.3 Å². The van der Waals surface area contributed by atoms with Crippen LogP contribution in [-0.4, -0.2) is 16.7 Å². The molecule has 0 bridgehead atoms. The second kappa shape index (κ2) is 5.11. The molecule has 1 heterocycles. The first kappa shape index (κ1) is 13.7. The van der Waals surface area contributed by atoms with Crippen molar-refractivity contribution in [1.29, 1.82) is 0 Å². The molecule has 2 rings (SSSR count). The highest BCUT2D eigenvalue weighted by Gasteiger charge is 2.25. The monoisotopic (exact) mass is 325 g/mol. The lowest BCUT2D eigenvalue weighted by molar-refractivity contribution is 0.218. The fourth-order valence-electron chi connectivity index (χ4n) is 1.66. The summed E-state index contributed by atoms with van der Waals surface area (Å²) in [6.45, 7) is 6.20. The van der Waals surface area contributed by atoms with Crippen LogP contribution in [0.5, 0.6) is 0 Å². The highest BCUT2D eigenvalue weighted by molar-refractivity contribution is 9.10. The number of hydrogen-bond acceptors (Lipinski definition) is 3. The van der Waals surface area contributed by atoms with E-state index in [1.54, 1.807) is 11.3 Å². The SMILES string of the molecule is Cc1sc(C(C)(C)CO)nc1-c1ccccc1Br. The summed E-state index contributed by atoms with van der Waals surface area (Å²) in [4.78, 5) is 5.89. The summed E-state index contributed by atoms with van der Waals surface area (Å²) in [5.74, 6) is 0. The second-order valence-corrected chi connectivity index (χ2v) is 7.00. The van der Waals surface area contributed by atoms with E-state index in [-0.39, 0.29) is 12.0 Å². The molecular weight excluding hydrogens is 310 g/mol. The maximum Gasteiger partial charge on any atom is 0.101 e. The van der Waals surface area contributed by atoms with Crippen molar-refractivity contribution in [2.24, 2.45) is 0 Å². The predicted molar refractivity (Wildman–Crippen MR) is 80.1 cm³/mol. The molecule has 0 radical (unpaired) electrons. The number of benzene rings is 1. The molecule has 96 valence electrons. The summed E-state index contributed by atoms with van der Waals surface area (Å²) in [5, 5.41) is 10.4. The van der Waals surface area contributed by atoms with Crippen molar-refractivity contribution in [1.82, 2.24) is 4.98 Å². The molecule has 0 saturated heterocycles. The molecule has 0 spiro atoms. The van der Waals surface area contributed by atoms with Crippen molar-refractivity contribution in [2.45, 2.75) is 26.2 Å². The molecular formula is C14H16BrNOS. The van der Waals surface area contributed by atoms with E-state index >= 15 is 0 Å². The third-order valence-corrected chi connectivity index (χ3v) is 4.93. The van der Waals surface area contributed by atoms with E-state index in [1.807, 2.05) is 32.0 Å². The normalized spacial score (nSPS) is 11.8. The zero-order valence-corrected chi connectivity index (χ0v) is 13.1. The van der Waals surface area contributed by atoms with Crippen molar-refractivity contribution in [3.05, 3.63) is 38.6 Å². The van der Waals surface area contributed by atoms with Crippen LogP contribution in [0.15, 0.2) is 28.7 Å². The van der Waals surface area contributed by atoms with Crippen LogP contribution in [0, 0.1) is 6.92 Å². The van der Waals surface area contributed by atoms with Crippen LogP contribution in [0.4, 0.5) is 0 Å². The largest absolute Gasteiger partial charge is 0.395 e. The predicted octanol–water partition coefficient (Wildman–Crippen LogP) is 4.15. The van der Waals surface area contributed by atoms with Crippen molar-refractivity contribution >= 4 is 27.3 Å². The maximum atomic E-state index is 9.43. The Morgan fingerprint density at radius 3 is 2.61 bits per heavy atom. The van der Waals surface area contributed by atoms with Crippen LogP contribution in [0.25, 0.3) is 11.3 Å². The molecule has 1 aromatic carbocycles.